The Balaban J connectivity index is 2.00. The maximum atomic E-state index is 11.1. The van der Waals surface area contributed by atoms with E-state index in [0.29, 0.717) is 11.7 Å². The smallest absolute Gasteiger partial charge is 0.227 e. The van der Waals surface area contributed by atoms with E-state index in [1.165, 1.54) is 11.8 Å². The summed E-state index contributed by atoms with van der Waals surface area (Å²) in [5.74, 6) is 0.599. The molecule has 0 atom stereocenters. The second kappa shape index (κ2) is 7.31. The zero-order valence-electron chi connectivity index (χ0n) is 13.3. The quantitative estimate of drug-likeness (QED) is 0.701. The fourth-order valence-electron chi connectivity index (χ4n) is 2.44. The fourth-order valence-corrected chi connectivity index (χ4v) is 3.11. The van der Waals surface area contributed by atoms with Gasteiger partial charge >= 0.3 is 0 Å². The summed E-state index contributed by atoms with van der Waals surface area (Å²) >= 11 is 1.31. The molecule has 6 heteroatoms. The Kier molecular flexibility index (Phi) is 4.96. The number of aromatic nitrogens is 3. The molecule has 1 heterocycles. The monoisotopic (exact) mass is 338 g/mol. The minimum atomic E-state index is -0.369. The van der Waals surface area contributed by atoms with Crippen molar-refractivity contribution in [2.75, 3.05) is 5.75 Å². The average molecular weight is 338 g/mol. The predicted molar refractivity (Wildman–Crippen MR) is 95.7 cm³/mol. The van der Waals surface area contributed by atoms with Gasteiger partial charge in [0.2, 0.25) is 5.91 Å². The van der Waals surface area contributed by atoms with E-state index >= 15 is 0 Å². The number of amides is 1. The molecule has 5 nitrogen and oxygen atoms in total. The Morgan fingerprint density at radius 3 is 2.62 bits per heavy atom. The minimum absolute atomic E-state index is 0.181. The zero-order valence-corrected chi connectivity index (χ0v) is 14.2. The van der Waals surface area contributed by atoms with Gasteiger partial charge in [-0.15, -0.1) is 10.2 Å². The molecule has 0 saturated carbocycles. The van der Waals surface area contributed by atoms with E-state index < -0.39 is 0 Å². The highest BCUT2D eigenvalue weighted by Crippen LogP contribution is 2.25. The van der Waals surface area contributed by atoms with Gasteiger partial charge in [0.05, 0.1) is 12.3 Å². The molecule has 0 radical (unpaired) electrons. The zero-order chi connectivity index (χ0) is 16.9. The van der Waals surface area contributed by atoms with Crippen LogP contribution in [0.1, 0.15) is 11.1 Å². The topological polar surface area (TPSA) is 73.8 Å². The van der Waals surface area contributed by atoms with Gasteiger partial charge in [-0.1, -0.05) is 65.9 Å². The number of hydrogen-bond donors (Lipinski definition) is 1. The lowest BCUT2D eigenvalue weighted by atomic mass is 10.1. The van der Waals surface area contributed by atoms with Crippen LogP contribution in [-0.4, -0.2) is 26.4 Å². The lowest BCUT2D eigenvalue weighted by molar-refractivity contribution is -0.115. The lowest BCUT2D eigenvalue weighted by Gasteiger charge is -2.10. The Hall–Kier alpha value is -2.60. The van der Waals surface area contributed by atoms with Crippen molar-refractivity contribution < 1.29 is 4.79 Å². The fraction of sp³-hybridized carbons (Fsp3) is 0.167. The molecular formula is C18H18N4OS. The molecule has 0 unspecified atom stereocenters. The summed E-state index contributed by atoms with van der Waals surface area (Å²) in [7, 11) is 0. The maximum Gasteiger partial charge on any atom is 0.227 e. The molecule has 2 N–H and O–H groups in total. The molecule has 2 aromatic carbocycles. The van der Waals surface area contributed by atoms with Crippen LogP contribution in [0.5, 0.6) is 0 Å². The van der Waals surface area contributed by atoms with Gasteiger partial charge in [0.1, 0.15) is 0 Å². The number of aryl methyl sites for hydroxylation is 1. The molecule has 0 bridgehead atoms. The first kappa shape index (κ1) is 16.3. The van der Waals surface area contributed by atoms with E-state index in [1.54, 1.807) is 0 Å². The standard InChI is InChI=1S/C18H18N4OS/c1-13-6-5-9-15(10-13)17-20-21-18(24-12-16(19)23)22(17)11-14-7-3-2-4-8-14/h2-10H,11-12H2,1H3,(H2,19,23). The molecule has 0 aliphatic carbocycles. The molecule has 24 heavy (non-hydrogen) atoms. The molecule has 1 aromatic heterocycles. The van der Waals surface area contributed by atoms with Crippen LogP contribution < -0.4 is 5.73 Å². The molecule has 1 amide bonds. The van der Waals surface area contributed by atoms with E-state index in [0.717, 1.165) is 22.5 Å². The molecule has 0 spiro atoms. The van der Waals surface area contributed by atoms with Crippen molar-refractivity contribution in [3.8, 4) is 11.4 Å². The third kappa shape index (κ3) is 3.83. The summed E-state index contributed by atoms with van der Waals surface area (Å²) in [4.78, 5) is 11.1. The van der Waals surface area contributed by atoms with Gasteiger partial charge in [-0.3, -0.25) is 9.36 Å². The molecule has 0 saturated heterocycles. The first-order chi connectivity index (χ1) is 11.6. The van der Waals surface area contributed by atoms with E-state index in [2.05, 4.69) is 28.4 Å². The van der Waals surface area contributed by atoms with Crippen LogP contribution in [0.4, 0.5) is 0 Å². The number of benzene rings is 2. The summed E-state index contributed by atoms with van der Waals surface area (Å²) < 4.78 is 2.03. The molecule has 122 valence electrons. The van der Waals surface area contributed by atoms with Crippen LogP contribution >= 0.6 is 11.8 Å². The average Bonchev–Trinajstić information content (AvgIpc) is 2.96. The van der Waals surface area contributed by atoms with E-state index in [1.807, 2.05) is 47.9 Å². The summed E-state index contributed by atoms with van der Waals surface area (Å²) in [6, 6.07) is 18.2. The van der Waals surface area contributed by atoms with Crippen LogP contribution in [0, 0.1) is 6.92 Å². The van der Waals surface area contributed by atoms with Crippen molar-refractivity contribution >= 4 is 17.7 Å². The summed E-state index contributed by atoms with van der Waals surface area (Å²) in [6.07, 6.45) is 0. The van der Waals surface area contributed by atoms with Crippen molar-refractivity contribution in [1.82, 2.24) is 14.8 Å². The van der Waals surface area contributed by atoms with Gasteiger partial charge in [-0.25, -0.2) is 0 Å². The number of nitrogens with two attached hydrogens (primary N) is 1. The van der Waals surface area contributed by atoms with Crippen molar-refractivity contribution in [3.05, 3.63) is 65.7 Å². The van der Waals surface area contributed by atoms with E-state index in [9.17, 15) is 4.79 Å². The Labute approximate surface area is 144 Å². The second-order valence-electron chi connectivity index (χ2n) is 5.50. The number of carbonyl (C=O) groups excluding carboxylic acids is 1. The first-order valence-corrected chi connectivity index (χ1v) is 8.57. The Morgan fingerprint density at radius 2 is 1.92 bits per heavy atom. The highest BCUT2D eigenvalue weighted by atomic mass is 32.2. The van der Waals surface area contributed by atoms with Gasteiger partial charge in [0.25, 0.3) is 0 Å². The molecule has 0 aliphatic rings. The van der Waals surface area contributed by atoms with E-state index in [-0.39, 0.29) is 11.7 Å². The van der Waals surface area contributed by atoms with E-state index in [4.69, 9.17) is 5.73 Å². The number of nitrogens with zero attached hydrogens (tertiary/aromatic N) is 3. The summed E-state index contributed by atoms with van der Waals surface area (Å²) in [5.41, 5.74) is 8.57. The van der Waals surface area contributed by atoms with Crippen LogP contribution in [0.25, 0.3) is 11.4 Å². The second-order valence-corrected chi connectivity index (χ2v) is 6.44. The van der Waals surface area contributed by atoms with Crippen LogP contribution in [0.3, 0.4) is 0 Å². The van der Waals surface area contributed by atoms with Gasteiger partial charge in [0, 0.05) is 5.56 Å². The third-order valence-electron chi connectivity index (χ3n) is 3.52. The normalized spacial score (nSPS) is 10.7. The van der Waals surface area contributed by atoms with Crippen molar-refractivity contribution in [3.63, 3.8) is 0 Å². The Morgan fingerprint density at radius 1 is 1.12 bits per heavy atom. The molecular weight excluding hydrogens is 320 g/mol. The van der Waals surface area contributed by atoms with Crippen LogP contribution in [0.15, 0.2) is 59.8 Å². The van der Waals surface area contributed by atoms with Crippen LogP contribution in [0.2, 0.25) is 0 Å². The summed E-state index contributed by atoms with van der Waals surface area (Å²) in [5, 5.41) is 9.29. The number of rotatable bonds is 6. The van der Waals surface area contributed by atoms with Gasteiger partial charge < -0.3 is 5.73 Å². The van der Waals surface area contributed by atoms with Crippen LogP contribution in [-0.2, 0) is 11.3 Å². The van der Waals surface area contributed by atoms with Crippen molar-refractivity contribution in [2.45, 2.75) is 18.6 Å². The molecule has 0 aliphatic heterocycles. The SMILES string of the molecule is Cc1cccc(-c2nnc(SCC(N)=O)n2Cc2ccccc2)c1. The summed E-state index contributed by atoms with van der Waals surface area (Å²) in [6.45, 7) is 2.68. The number of carbonyl (C=O) groups is 1. The molecule has 3 rings (SSSR count). The number of thioether (sulfide) groups is 1. The minimum Gasteiger partial charge on any atom is -0.369 e. The van der Waals surface area contributed by atoms with Gasteiger partial charge in [0.15, 0.2) is 11.0 Å². The molecule has 0 fully saturated rings. The highest BCUT2D eigenvalue weighted by Gasteiger charge is 2.15. The lowest BCUT2D eigenvalue weighted by Crippen LogP contribution is -2.14. The first-order valence-electron chi connectivity index (χ1n) is 7.59. The van der Waals surface area contributed by atoms with Crippen molar-refractivity contribution in [2.24, 2.45) is 5.73 Å². The largest absolute Gasteiger partial charge is 0.369 e. The third-order valence-corrected chi connectivity index (χ3v) is 4.51. The maximum absolute atomic E-state index is 11.1. The Bertz CT molecular complexity index is 845. The number of hydrogen-bond acceptors (Lipinski definition) is 4. The number of primary amides is 1. The van der Waals surface area contributed by atoms with Gasteiger partial charge in [-0.2, -0.15) is 0 Å². The highest BCUT2D eigenvalue weighted by molar-refractivity contribution is 7.99. The van der Waals surface area contributed by atoms with Gasteiger partial charge in [-0.05, 0) is 18.6 Å². The molecule has 3 aromatic rings. The predicted octanol–water partition coefficient (Wildman–Crippen LogP) is 2.88. The van der Waals surface area contributed by atoms with Crippen molar-refractivity contribution in [1.29, 1.82) is 0 Å².